The van der Waals surface area contributed by atoms with E-state index in [1.165, 1.54) is 0 Å². The molecule has 0 radical (unpaired) electrons. The minimum Gasteiger partial charge on any atom is -0.383 e. The zero-order valence-corrected chi connectivity index (χ0v) is 8.02. The largest absolute Gasteiger partial charge is 0.383 e. The first-order valence-corrected chi connectivity index (χ1v) is 4.09. The van der Waals surface area contributed by atoms with Gasteiger partial charge in [-0.25, -0.2) is 9.66 Å². The van der Waals surface area contributed by atoms with Crippen LogP contribution < -0.4 is 10.7 Å². The Labute approximate surface area is 76.4 Å². The van der Waals surface area contributed by atoms with E-state index in [2.05, 4.69) is 4.98 Å². The van der Waals surface area contributed by atoms with Gasteiger partial charge < -0.3 is 10.7 Å². The van der Waals surface area contributed by atoms with Crippen molar-refractivity contribution < 1.29 is 0 Å². The molecule has 0 aliphatic rings. The Kier molecular flexibility index (Phi) is 1.48. The summed E-state index contributed by atoms with van der Waals surface area (Å²) in [7, 11) is 3.93. The fourth-order valence-corrected chi connectivity index (χ4v) is 1.46. The van der Waals surface area contributed by atoms with Crippen LogP contribution in [0.4, 0.5) is 5.82 Å². The van der Waals surface area contributed by atoms with Gasteiger partial charge >= 0.3 is 0 Å². The molecule has 0 unspecified atom stereocenters. The number of rotatable bonds is 1. The van der Waals surface area contributed by atoms with Gasteiger partial charge in [-0.1, -0.05) is 0 Å². The number of hydrogen-bond acceptors (Lipinski definition) is 3. The second kappa shape index (κ2) is 2.42. The molecule has 13 heavy (non-hydrogen) atoms. The number of fused-ring (bicyclic) bond motifs is 1. The molecule has 0 saturated carbocycles. The lowest BCUT2D eigenvalue weighted by atomic mass is 10.5. The van der Waals surface area contributed by atoms with Crippen LogP contribution in [-0.2, 0) is 0 Å². The van der Waals surface area contributed by atoms with Crippen LogP contribution in [0.2, 0.25) is 0 Å². The van der Waals surface area contributed by atoms with E-state index in [1.54, 1.807) is 6.20 Å². The number of nitrogen functional groups attached to an aromatic ring is 1. The third kappa shape index (κ3) is 0.965. The van der Waals surface area contributed by atoms with E-state index < -0.39 is 0 Å². The molecule has 2 heterocycles. The minimum absolute atomic E-state index is 0.674. The lowest BCUT2D eigenvalue weighted by molar-refractivity contribution is 0.748. The van der Waals surface area contributed by atoms with Crippen LogP contribution in [-0.4, -0.2) is 28.2 Å². The monoisotopic (exact) mass is 179 g/mol. The highest BCUT2D eigenvalue weighted by Gasteiger charge is 2.09. The van der Waals surface area contributed by atoms with Gasteiger partial charge in [0.15, 0.2) is 0 Å². The summed E-state index contributed by atoms with van der Waals surface area (Å²) in [5.74, 6) is 1.52. The first kappa shape index (κ1) is 7.97. The zero-order valence-electron chi connectivity index (χ0n) is 8.02. The van der Waals surface area contributed by atoms with Gasteiger partial charge in [-0.15, -0.1) is 0 Å². The molecule has 0 spiro atoms. The lowest BCUT2D eigenvalue weighted by Gasteiger charge is -2.12. The van der Waals surface area contributed by atoms with E-state index in [4.69, 9.17) is 5.73 Å². The van der Waals surface area contributed by atoms with Crippen molar-refractivity contribution in [2.75, 3.05) is 24.8 Å². The SMILES string of the molecule is Cc1cn(N(C)C)c2ncc(N)n12. The summed E-state index contributed by atoms with van der Waals surface area (Å²) in [5.41, 5.74) is 6.84. The Morgan fingerprint density at radius 1 is 1.46 bits per heavy atom. The molecular weight excluding hydrogens is 166 g/mol. The number of hydrogen-bond donors (Lipinski definition) is 1. The Morgan fingerprint density at radius 3 is 2.77 bits per heavy atom. The minimum atomic E-state index is 0.674. The molecule has 0 fully saturated rings. The normalized spacial score (nSPS) is 11.0. The first-order chi connectivity index (χ1) is 6.11. The molecular formula is C8H13N5. The van der Waals surface area contributed by atoms with Crippen molar-refractivity contribution in [3.8, 4) is 0 Å². The van der Waals surface area contributed by atoms with E-state index >= 15 is 0 Å². The summed E-state index contributed by atoms with van der Waals surface area (Å²) in [4.78, 5) is 4.22. The quantitative estimate of drug-likeness (QED) is 0.681. The molecule has 0 atom stereocenters. The highest BCUT2D eigenvalue weighted by molar-refractivity contribution is 5.46. The zero-order chi connectivity index (χ0) is 9.59. The van der Waals surface area contributed by atoms with Gasteiger partial charge in [-0.2, -0.15) is 0 Å². The highest BCUT2D eigenvalue weighted by atomic mass is 15.6. The number of aryl methyl sites for hydroxylation is 1. The fraction of sp³-hybridized carbons (Fsp3) is 0.375. The summed E-state index contributed by atoms with van der Waals surface area (Å²) in [5, 5.41) is 1.95. The maximum atomic E-state index is 5.76. The molecule has 5 heteroatoms. The van der Waals surface area contributed by atoms with Gasteiger partial charge in [-0.3, -0.25) is 4.40 Å². The maximum absolute atomic E-state index is 5.76. The van der Waals surface area contributed by atoms with Crippen LogP contribution in [0.1, 0.15) is 5.69 Å². The van der Waals surface area contributed by atoms with E-state index in [0.717, 1.165) is 11.5 Å². The molecule has 2 aromatic heterocycles. The van der Waals surface area contributed by atoms with E-state index in [9.17, 15) is 0 Å². The Bertz CT molecular complexity index is 437. The predicted octanol–water partition coefficient (Wildman–Crippen LogP) is 0.224. The second-order valence-electron chi connectivity index (χ2n) is 3.28. The van der Waals surface area contributed by atoms with Crippen LogP contribution >= 0.6 is 0 Å². The van der Waals surface area contributed by atoms with Gasteiger partial charge in [0, 0.05) is 26.0 Å². The second-order valence-corrected chi connectivity index (χ2v) is 3.28. The van der Waals surface area contributed by atoms with Crippen LogP contribution in [0, 0.1) is 6.92 Å². The molecule has 0 saturated heterocycles. The molecule has 2 rings (SSSR count). The average molecular weight is 179 g/mol. The predicted molar refractivity (Wildman–Crippen MR) is 52.4 cm³/mol. The Hall–Kier alpha value is -1.65. The first-order valence-electron chi connectivity index (χ1n) is 4.09. The standard InChI is InChI=1S/C8H13N5/c1-6-5-12(11(2)3)8-10-4-7(9)13(6)8/h4-5H,9H2,1-3H3. The van der Waals surface area contributed by atoms with E-state index in [1.807, 2.05) is 41.3 Å². The highest BCUT2D eigenvalue weighted by Crippen LogP contribution is 2.13. The molecule has 0 aromatic carbocycles. The molecule has 0 aliphatic heterocycles. The van der Waals surface area contributed by atoms with Crippen molar-refractivity contribution >= 4 is 11.6 Å². The number of imidazole rings is 2. The molecule has 70 valence electrons. The van der Waals surface area contributed by atoms with Crippen molar-refractivity contribution in [2.24, 2.45) is 0 Å². The third-order valence-electron chi connectivity index (χ3n) is 2.07. The average Bonchev–Trinajstić information content (AvgIpc) is 2.55. The van der Waals surface area contributed by atoms with E-state index in [0.29, 0.717) is 5.82 Å². The maximum Gasteiger partial charge on any atom is 0.234 e. The van der Waals surface area contributed by atoms with Crippen molar-refractivity contribution in [1.29, 1.82) is 0 Å². The van der Waals surface area contributed by atoms with Gasteiger partial charge in [0.25, 0.3) is 0 Å². The van der Waals surface area contributed by atoms with Crippen molar-refractivity contribution in [2.45, 2.75) is 6.92 Å². The van der Waals surface area contributed by atoms with Crippen molar-refractivity contribution in [3.05, 3.63) is 18.1 Å². The summed E-state index contributed by atoms with van der Waals surface area (Å²) in [6.45, 7) is 2.00. The lowest BCUT2D eigenvalue weighted by Crippen LogP contribution is -2.23. The summed E-state index contributed by atoms with van der Waals surface area (Å²) in [6.07, 6.45) is 3.67. The van der Waals surface area contributed by atoms with Crippen molar-refractivity contribution in [3.63, 3.8) is 0 Å². The summed E-state index contributed by atoms with van der Waals surface area (Å²) in [6, 6.07) is 0. The smallest absolute Gasteiger partial charge is 0.234 e. The summed E-state index contributed by atoms with van der Waals surface area (Å²) >= 11 is 0. The number of aromatic nitrogens is 3. The van der Waals surface area contributed by atoms with Crippen LogP contribution in [0.25, 0.3) is 5.78 Å². The summed E-state index contributed by atoms with van der Waals surface area (Å²) < 4.78 is 3.87. The molecule has 0 aliphatic carbocycles. The Morgan fingerprint density at radius 2 is 2.15 bits per heavy atom. The van der Waals surface area contributed by atoms with Gasteiger partial charge in [0.2, 0.25) is 5.78 Å². The van der Waals surface area contributed by atoms with Crippen LogP contribution in [0.3, 0.4) is 0 Å². The molecule has 5 nitrogen and oxygen atoms in total. The molecule has 0 amide bonds. The van der Waals surface area contributed by atoms with Crippen LogP contribution in [0.5, 0.6) is 0 Å². The molecule has 2 aromatic rings. The number of anilines is 1. The topological polar surface area (TPSA) is 51.5 Å². The van der Waals surface area contributed by atoms with E-state index in [-0.39, 0.29) is 0 Å². The fourth-order valence-electron chi connectivity index (χ4n) is 1.46. The molecule has 0 bridgehead atoms. The van der Waals surface area contributed by atoms with Crippen LogP contribution in [0.15, 0.2) is 12.4 Å². The van der Waals surface area contributed by atoms with Gasteiger partial charge in [0.1, 0.15) is 5.82 Å². The number of nitrogens with zero attached hydrogens (tertiary/aromatic N) is 4. The molecule has 2 N–H and O–H groups in total. The third-order valence-corrected chi connectivity index (χ3v) is 2.07. The van der Waals surface area contributed by atoms with Gasteiger partial charge in [0.05, 0.1) is 6.20 Å². The number of nitrogens with two attached hydrogens (primary N) is 1. The van der Waals surface area contributed by atoms with Crippen molar-refractivity contribution in [1.82, 2.24) is 14.1 Å². The Balaban J connectivity index is 2.79. The van der Waals surface area contributed by atoms with Gasteiger partial charge in [-0.05, 0) is 6.92 Å².